The highest BCUT2D eigenvalue weighted by Crippen LogP contribution is 2.25. The molecular weight excluding hydrogens is 527 g/mol. The molecule has 2 N–H and O–H groups in total. The van der Waals surface area contributed by atoms with Gasteiger partial charge in [-0.25, -0.2) is 19.9 Å². The summed E-state index contributed by atoms with van der Waals surface area (Å²) in [6, 6.07) is 9.06. The van der Waals surface area contributed by atoms with Crippen LogP contribution in [-0.2, 0) is 4.74 Å². The lowest BCUT2D eigenvalue weighted by molar-refractivity contribution is 0.0691. The van der Waals surface area contributed by atoms with E-state index in [0.29, 0.717) is 4.60 Å². The summed E-state index contributed by atoms with van der Waals surface area (Å²) in [5.74, 6) is -0.986. The van der Waals surface area contributed by atoms with Gasteiger partial charge in [-0.3, -0.25) is 14.6 Å². The predicted molar refractivity (Wildman–Crippen MR) is 121 cm³/mol. The van der Waals surface area contributed by atoms with E-state index >= 15 is 0 Å². The van der Waals surface area contributed by atoms with Crippen molar-refractivity contribution in [2.24, 2.45) is 0 Å². The van der Waals surface area contributed by atoms with E-state index in [2.05, 4.69) is 41.5 Å². The molecule has 0 aliphatic carbocycles. The molecular formula is C19H15BrCl2N6O4. The SMILES string of the molecule is COC(=O)NN(C)C(=O)c1cc(Cl)ccc1NC(=O)c1cc(Br)nn1-c1ncccc1Cl. The first-order valence-corrected chi connectivity index (χ1v) is 10.4. The van der Waals surface area contributed by atoms with Gasteiger partial charge in [-0.15, -0.1) is 0 Å². The number of ether oxygens (including phenoxy) is 1. The van der Waals surface area contributed by atoms with Crippen LogP contribution in [0.15, 0.2) is 47.2 Å². The van der Waals surface area contributed by atoms with E-state index in [4.69, 9.17) is 23.2 Å². The number of hydrazine groups is 1. The maximum atomic E-state index is 13.1. The summed E-state index contributed by atoms with van der Waals surface area (Å²) >= 11 is 15.5. The monoisotopic (exact) mass is 540 g/mol. The van der Waals surface area contributed by atoms with Crippen LogP contribution in [0.4, 0.5) is 10.5 Å². The molecule has 0 saturated carbocycles. The Kier molecular flexibility index (Phi) is 7.33. The smallest absolute Gasteiger partial charge is 0.425 e. The Bertz CT molecular complexity index is 1200. The zero-order chi connectivity index (χ0) is 23.4. The van der Waals surface area contributed by atoms with Crippen LogP contribution in [0, 0.1) is 0 Å². The predicted octanol–water partition coefficient (Wildman–Crippen LogP) is 3.93. The number of rotatable bonds is 4. The molecule has 0 bridgehead atoms. The number of hydrogen-bond acceptors (Lipinski definition) is 6. The molecule has 13 heteroatoms. The minimum atomic E-state index is -0.838. The van der Waals surface area contributed by atoms with Crippen LogP contribution in [0.1, 0.15) is 20.8 Å². The van der Waals surface area contributed by atoms with Crippen molar-refractivity contribution in [3.05, 3.63) is 68.5 Å². The van der Waals surface area contributed by atoms with Gasteiger partial charge in [-0.1, -0.05) is 23.2 Å². The summed E-state index contributed by atoms with van der Waals surface area (Å²) in [6.45, 7) is 0. The lowest BCUT2D eigenvalue weighted by Crippen LogP contribution is -2.43. The minimum Gasteiger partial charge on any atom is -0.452 e. The Morgan fingerprint density at radius 3 is 2.62 bits per heavy atom. The number of anilines is 1. The third kappa shape index (κ3) is 5.18. The van der Waals surface area contributed by atoms with Gasteiger partial charge in [0, 0.05) is 24.3 Å². The number of halogens is 3. The van der Waals surface area contributed by atoms with Gasteiger partial charge in [-0.2, -0.15) is 5.10 Å². The fourth-order valence-electron chi connectivity index (χ4n) is 2.61. The third-order valence-corrected chi connectivity index (χ3v) is 4.98. The molecule has 0 unspecified atom stereocenters. The highest BCUT2D eigenvalue weighted by Gasteiger charge is 2.23. The average Bonchev–Trinajstić information content (AvgIpc) is 3.16. The Balaban J connectivity index is 1.94. The number of amides is 3. The molecule has 0 aliphatic heterocycles. The van der Waals surface area contributed by atoms with E-state index in [0.717, 1.165) is 12.1 Å². The van der Waals surface area contributed by atoms with Gasteiger partial charge >= 0.3 is 6.09 Å². The lowest BCUT2D eigenvalue weighted by Gasteiger charge is -2.19. The summed E-state index contributed by atoms with van der Waals surface area (Å²) in [7, 11) is 2.48. The number of nitrogens with zero attached hydrogens (tertiary/aromatic N) is 4. The first kappa shape index (κ1) is 23.5. The van der Waals surface area contributed by atoms with Crippen LogP contribution in [0.2, 0.25) is 10.0 Å². The topological polar surface area (TPSA) is 118 Å². The van der Waals surface area contributed by atoms with Gasteiger partial charge < -0.3 is 10.1 Å². The van der Waals surface area contributed by atoms with Crippen LogP contribution in [0.5, 0.6) is 0 Å². The number of carbonyl (C=O) groups is 3. The maximum Gasteiger partial charge on any atom is 0.425 e. The van der Waals surface area contributed by atoms with Crippen LogP contribution < -0.4 is 10.7 Å². The molecule has 0 fully saturated rings. The maximum absolute atomic E-state index is 13.1. The highest BCUT2D eigenvalue weighted by molar-refractivity contribution is 9.10. The quantitative estimate of drug-likeness (QED) is 0.483. The van der Waals surface area contributed by atoms with Gasteiger partial charge in [0.1, 0.15) is 10.3 Å². The van der Waals surface area contributed by atoms with Crippen molar-refractivity contribution < 1.29 is 19.1 Å². The van der Waals surface area contributed by atoms with Crippen LogP contribution in [-0.4, -0.2) is 51.8 Å². The van der Waals surface area contributed by atoms with E-state index in [-0.39, 0.29) is 32.8 Å². The highest BCUT2D eigenvalue weighted by atomic mass is 79.9. The standard InChI is InChI=1S/C19H15BrCl2N6O4/c1-27(26-19(31)32-2)18(30)11-8-10(21)5-6-13(11)24-17(29)14-9-15(20)25-28(14)16-12(22)4-3-7-23-16/h3-9H,1-2H3,(H,24,29)(H,26,31). The van der Waals surface area contributed by atoms with E-state index < -0.39 is 17.9 Å². The summed E-state index contributed by atoms with van der Waals surface area (Å²) in [6.07, 6.45) is 0.674. The molecule has 3 rings (SSSR count). The summed E-state index contributed by atoms with van der Waals surface area (Å²) in [4.78, 5) is 41.5. The van der Waals surface area contributed by atoms with Crippen molar-refractivity contribution in [2.45, 2.75) is 0 Å². The summed E-state index contributed by atoms with van der Waals surface area (Å²) in [5.41, 5.74) is 2.51. The fraction of sp³-hybridized carbons (Fsp3) is 0.105. The van der Waals surface area contributed by atoms with Crippen molar-refractivity contribution >= 4 is 62.7 Å². The van der Waals surface area contributed by atoms with Crippen molar-refractivity contribution in [1.29, 1.82) is 0 Å². The average molecular weight is 542 g/mol. The van der Waals surface area contributed by atoms with Gasteiger partial charge in [-0.05, 0) is 46.3 Å². The Morgan fingerprint density at radius 1 is 1.19 bits per heavy atom. The van der Waals surface area contributed by atoms with Crippen molar-refractivity contribution in [3.63, 3.8) is 0 Å². The van der Waals surface area contributed by atoms with E-state index in [1.54, 1.807) is 12.1 Å². The van der Waals surface area contributed by atoms with E-state index in [1.807, 2.05) is 0 Å². The summed E-state index contributed by atoms with van der Waals surface area (Å²) < 4.78 is 6.12. The first-order chi connectivity index (χ1) is 15.2. The molecule has 0 saturated heterocycles. The molecule has 10 nitrogen and oxygen atoms in total. The van der Waals surface area contributed by atoms with Crippen molar-refractivity contribution in [1.82, 2.24) is 25.2 Å². The van der Waals surface area contributed by atoms with Crippen LogP contribution in [0.3, 0.4) is 0 Å². The van der Waals surface area contributed by atoms with Gasteiger partial charge in [0.15, 0.2) is 5.82 Å². The molecule has 3 aromatic rings. The molecule has 32 heavy (non-hydrogen) atoms. The number of carbonyl (C=O) groups excluding carboxylic acids is 3. The number of nitrogens with one attached hydrogen (secondary N) is 2. The van der Waals surface area contributed by atoms with E-state index in [9.17, 15) is 14.4 Å². The molecule has 2 heterocycles. The van der Waals surface area contributed by atoms with Crippen molar-refractivity contribution in [3.8, 4) is 5.82 Å². The third-order valence-electron chi connectivity index (χ3n) is 4.06. The molecule has 166 valence electrons. The Labute approximate surface area is 200 Å². The zero-order valence-electron chi connectivity index (χ0n) is 16.6. The number of methoxy groups -OCH3 is 1. The normalized spacial score (nSPS) is 10.4. The lowest BCUT2D eigenvalue weighted by atomic mass is 10.1. The molecule has 1 aromatic carbocycles. The first-order valence-electron chi connectivity index (χ1n) is 8.81. The Morgan fingerprint density at radius 2 is 1.94 bits per heavy atom. The number of hydrogen-bond donors (Lipinski definition) is 2. The van der Waals surface area contributed by atoms with Gasteiger partial charge in [0.05, 0.1) is 23.4 Å². The minimum absolute atomic E-state index is 0.0331. The largest absolute Gasteiger partial charge is 0.452 e. The molecule has 0 spiro atoms. The van der Waals surface area contributed by atoms with Gasteiger partial charge in [0.25, 0.3) is 11.8 Å². The second kappa shape index (κ2) is 9.98. The Hall–Kier alpha value is -3.15. The molecule has 0 atom stereocenters. The van der Waals surface area contributed by atoms with Gasteiger partial charge in [0.2, 0.25) is 0 Å². The second-order valence-corrected chi connectivity index (χ2v) is 7.84. The zero-order valence-corrected chi connectivity index (χ0v) is 19.7. The fourth-order valence-corrected chi connectivity index (χ4v) is 3.36. The van der Waals surface area contributed by atoms with Crippen LogP contribution in [0.25, 0.3) is 5.82 Å². The van der Waals surface area contributed by atoms with E-state index in [1.165, 1.54) is 42.2 Å². The summed E-state index contributed by atoms with van der Waals surface area (Å²) in [5, 5.41) is 8.32. The number of benzene rings is 1. The molecule has 3 amide bonds. The second-order valence-electron chi connectivity index (χ2n) is 6.18. The number of aromatic nitrogens is 3. The molecule has 0 radical (unpaired) electrons. The molecule has 2 aromatic heterocycles. The van der Waals surface area contributed by atoms with Crippen molar-refractivity contribution in [2.75, 3.05) is 19.5 Å². The molecule has 0 aliphatic rings. The number of pyridine rings is 1. The van der Waals surface area contributed by atoms with Crippen LogP contribution >= 0.6 is 39.1 Å².